The van der Waals surface area contributed by atoms with Gasteiger partial charge in [0.2, 0.25) is 0 Å². The summed E-state index contributed by atoms with van der Waals surface area (Å²) in [5.74, 6) is -1.00. The van der Waals surface area contributed by atoms with Gasteiger partial charge in [-0.3, -0.25) is 4.79 Å². The van der Waals surface area contributed by atoms with E-state index in [-0.39, 0.29) is 40.0 Å². The second kappa shape index (κ2) is 11.1. The summed E-state index contributed by atoms with van der Waals surface area (Å²) in [7, 11) is 0. The van der Waals surface area contributed by atoms with Crippen LogP contribution in [0.1, 0.15) is 99.8 Å². The van der Waals surface area contributed by atoms with Gasteiger partial charge < -0.3 is 14.9 Å². The number of azide groups is 1. The van der Waals surface area contributed by atoms with Gasteiger partial charge in [-0.1, -0.05) is 54.3 Å². The van der Waals surface area contributed by atoms with E-state index in [1.807, 2.05) is 13.8 Å². The molecule has 3 unspecified atom stereocenters. The molecule has 10 atom stereocenters. The Hall–Kier alpha value is -1.83. The molecule has 0 aromatic carbocycles. The van der Waals surface area contributed by atoms with Crippen LogP contribution in [0.4, 0.5) is 0 Å². The Morgan fingerprint density at radius 3 is 2.38 bits per heavy atom. The summed E-state index contributed by atoms with van der Waals surface area (Å²) < 4.78 is 6.88. The van der Waals surface area contributed by atoms with Crippen LogP contribution in [-0.4, -0.2) is 40.4 Å². The molecule has 0 saturated heterocycles. The number of fused-ring (bicyclic) bond motifs is 5. The smallest absolute Gasteiger partial charge is 0.331 e. The number of hydrogen-bond acceptors (Lipinski definition) is 5. The van der Waals surface area contributed by atoms with Crippen molar-refractivity contribution in [1.29, 1.82) is 0 Å². The minimum absolute atomic E-state index is 0.0138. The second-order valence-corrected chi connectivity index (χ2v) is 14.9. The number of halogens is 1. The van der Waals surface area contributed by atoms with Crippen molar-refractivity contribution in [2.45, 2.75) is 118 Å². The highest BCUT2D eigenvalue weighted by Crippen LogP contribution is 2.74. The molecular weight excluding hydrogens is 574 g/mol. The Kier molecular flexibility index (Phi) is 8.64. The number of ether oxygens (including phenoxy) is 1. The highest BCUT2D eigenvalue weighted by molar-refractivity contribution is 9.11. The number of aliphatic carboxylic acids is 1. The van der Waals surface area contributed by atoms with E-state index in [1.165, 1.54) is 6.92 Å². The van der Waals surface area contributed by atoms with Crippen molar-refractivity contribution in [3.63, 3.8) is 0 Å². The molecule has 0 radical (unpaired) electrons. The minimum Gasteiger partial charge on any atom is -0.478 e. The molecule has 4 fully saturated rings. The number of carboxylic acids is 1. The maximum Gasteiger partial charge on any atom is 0.331 e. The zero-order valence-electron chi connectivity index (χ0n) is 25.0. The first-order valence-electron chi connectivity index (χ1n) is 14.8. The van der Waals surface area contributed by atoms with E-state index < -0.39 is 24.1 Å². The molecule has 4 aliphatic rings. The molecule has 8 nitrogen and oxygen atoms in total. The first-order valence-corrected chi connectivity index (χ1v) is 15.6. The van der Waals surface area contributed by atoms with Gasteiger partial charge in [-0.05, 0) is 121 Å². The third-order valence-corrected chi connectivity index (χ3v) is 13.1. The van der Waals surface area contributed by atoms with Gasteiger partial charge in [-0.25, -0.2) is 4.79 Å². The van der Waals surface area contributed by atoms with Gasteiger partial charge in [0.05, 0.1) is 6.10 Å². The highest BCUT2D eigenvalue weighted by atomic mass is 79.9. The lowest BCUT2D eigenvalue weighted by atomic mass is 9.36. The maximum absolute atomic E-state index is 12.8. The van der Waals surface area contributed by atoms with Crippen LogP contribution < -0.4 is 0 Å². The molecule has 0 bridgehead atoms. The summed E-state index contributed by atoms with van der Waals surface area (Å²) in [6.45, 7) is 14.4. The number of allylic oxidation sites excluding steroid dienone is 2. The zero-order chi connectivity index (χ0) is 29.8. The number of carbonyl (C=O) groups excluding carboxylic acids is 1. The van der Waals surface area contributed by atoms with Gasteiger partial charge in [-0.2, -0.15) is 0 Å². The molecule has 2 N–H and O–H groups in total. The molecule has 0 heterocycles. The average Bonchev–Trinajstić information content (AvgIpc) is 3.12. The number of aliphatic hydroxyl groups is 1. The number of esters is 1. The Bertz CT molecular complexity index is 1170. The van der Waals surface area contributed by atoms with Gasteiger partial charge in [0.25, 0.3) is 0 Å². The van der Waals surface area contributed by atoms with Crippen molar-refractivity contribution in [2.75, 3.05) is 0 Å². The normalized spacial score (nSPS) is 43.4. The Balaban J connectivity index is 1.81. The van der Waals surface area contributed by atoms with Crippen LogP contribution in [0.25, 0.3) is 10.4 Å². The third-order valence-electron chi connectivity index (χ3n) is 12.0. The number of hydrogen-bond donors (Lipinski definition) is 2. The average molecular weight is 621 g/mol. The van der Waals surface area contributed by atoms with Gasteiger partial charge in [0.1, 0.15) is 6.10 Å². The number of carboxylic acid groups (broad SMARTS) is 1. The van der Waals surface area contributed by atoms with E-state index >= 15 is 0 Å². The second-order valence-electron chi connectivity index (χ2n) is 13.9. The predicted molar refractivity (Wildman–Crippen MR) is 157 cm³/mol. The summed E-state index contributed by atoms with van der Waals surface area (Å²) in [5, 5.41) is 26.6. The summed E-state index contributed by atoms with van der Waals surface area (Å²) in [6, 6.07) is -0.0240. The van der Waals surface area contributed by atoms with Crippen LogP contribution in [0.2, 0.25) is 0 Å². The predicted octanol–water partition coefficient (Wildman–Crippen LogP) is 7.71. The fourth-order valence-electron chi connectivity index (χ4n) is 10.00. The lowest BCUT2D eigenvalue weighted by Crippen LogP contribution is -2.65. The van der Waals surface area contributed by atoms with Crippen LogP contribution in [-0.2, 0) is 14.3 Å². The summed E-state index contributed by atoms with van der Waals surface area (Å²) >= 11 is 3.60. The lowest BCUT2D eigenvalue weighted by molar-refractivity contribution is -0.226. The number of nitrogens with zero attached hydrogens (tertiary/aromatic N) is 3. The Labute approximate surface area is 246 Å². The van der Waals surface area contributed by atoms with Crippen molar-refractivity contribution in [2.24, 2.45) is 45.0 Å². The first kappa shape index (κ1) is 31.1. The number of carbonyl (C=O) groups is 2. The fourth-order valence-corrected chi connectivity index (χ4v) is 10.2. The van der Waals surface area contributed by atoms with Crippen molar-refractivity contribution in [3.05, 3.63) is 31.6 Å². The number of rotatable bonds is 6. The molecule has 0 aromatic heterocycles. The molecule has 0 aliphatic heterocycles. The van der Waals surface area contributed by atoms with E-state index in [2.05, 4.69) is 53.7 Å². The molecule has 4 aliphatic carbocycles. The molecule has 0 spiro atoms. The summed E-state index contributed by atoms with van der Waals surface area (Å²) in [5.41, 5.74) is 10.5. The molecule has 222 valence electrons. The molecule has 4 saturated carbocycles. The molecular formula is C31H46BrN3O5. The SMILES string of the molecule is CC(=O)O[C@H]1C[C@@]2(C)C(C[C@@H](O)C3[C@@]4(C)CC[C@@H](N=[N+]=[N-])[C@@H](C)C4CC[C@@]32C)C1=C(CCC(Br)=C(C)C)C(=O)O. The molecule has 0 amide bonds. The molecule has 9 heteroatoms. The van der Waals surface area contributed by atoms with Gasteiger partial charge in [0.15, 0.2) is 0 Å². The monoisotopic (exact) mass is 619 g/mol. The standard InChI is InChI=1S/C31H46BrN3O5/c1-16(2)22(32)9-8-19(28(38)39)26-21-14-24(37)27-29(5)12-11-23(34-35-33)17(3)20(29)10-13-30(27,6)31(21,7)15-25(26)40-18(4)36/h17,20-21,23-25,27,37H,8-15H2,1-7H3,(H,38,39)/t17-,20?,21?,23+,24+,25-,27?,29-,30-,31-/m0/s1. The van der Waals surface area contributed by atoms with E-state index in [9.17, 15) is 19.8 Å². The highest BCUT2D eigenvalue weighted by Gasteiger charge is 2.70. The largest absolute Gasteiger partial charge is 0.478 e. The third kappa shape index (κ3) is 4.84. The zero-order valence-corrected chi connectivity index (χ0v) is 26.6. The lowest BCUT2D eigenvalue weighted by Gasteiger charge is -2.69. The minimum atomic E-state index is -0.979. The van der Waals surface area contributed by atoms with Crippen molar-refractivity contribution in [3.8, 4) is 0 Å². The van der Waals surface area contributed by atoms with E-state index in [4.69, 9.17) is 10.3 Å². The Morgan fingerprint density at radius 2 is 1.80 bits per heavy atom. The summed E-state index contributed by atoms with van der Waals surface area (Å²) in [6.07, 6.45) is 4.23. The summed E-state index contributed by atoms with van der Waals surface area (Å²) in [4.78, 5) is 28.2. The van der Waals surface area contributed by atoms with Crippen LogP contribution in [0.15, 0.2) is 26.3 Å². The number of aliphatic hydroxyl groups excluding tert-OH is 1. The Morgan fingerprint density at radius 1 is 1.12 bits per heavy atom. The van der Waals surface area contributed by atoms with Crippen molar-refractivity contribution >= 4 is 27.9 Å². The molecule has 4 rings (SSSR count). The quantitative estimate of drug-likeness (QED) is 0.103. The van der Waals surface area contributed by atoms with E-state index in [0.29, 0.717) is 42.7 Å². The van der Waals surface area contributed by atoms with Crippen LogP contribution in [0.3, 0.4) is 0 Å². The first-order chi connectivity index (χ1) is 18.6. The topological polar surface area (TPSA) is 133 Å². The van der Waals surface area contributed by atoms with Gasteiger partial charge >= 0.3 is 11.9 Å². The fraction of sp³-hybridized carbons (Fsp3) is 0.806. The molecule has 40 heavy (non-hydrogen) atoms. The van der Waals surface area contributed by atoms with Gasteiger partial charge in [0, 0.05) is 23.5 Å². The van der Waals surface area contributed by atoms with Crippen LogP contribution in [0, 0.1) is 39.9 Å². The van der Waals surface area contributed by atoms with E-state index in [1.54, 1.807) is 0 Å². The maximum atomic E-state index is 12.8. The molecule has 0 aromatic rings. The van der Waals surface area contributed by atoms with Crippen LogP contribution in [0.5, 0.6) is 0 Å². The van der Waals surface area contributed by atoms with Crippen LogP contribution >= 0.6 is 15.9 Å². The van der Waals surface area contributed by atoms with Crippen molar-refractivity contribution in [1.82, 2.24) is 0 Å². The van der Waals surface area contributed by atoms with Gasteiger partial charge in [-0.15, -0.1) is 0 Å². The van der Waals surface area contributed by atoms with Crippen molar-refractivity contribution < 1.29 is 24.5 Å². The van der Waals surface area contributed by atoms with E-state index in [0.717, 1.165) is 35.7 Å².